The van der Waals surface area contributed by atoms with Gasteiger partial charge in [0, 0.05) is 68.3 Å². The molecule has 3 heterocycles. The van der Waals surface area contributed by atoms with Gasteiger partial charge >= 0.3 is 0 Å². The molecule has 3 aromatic rings. The minimum atomic E-state index is 0.849. The van der Waals surface area contributed by atoms with Gasteiger partial charge < -0.3 is 13.9 Å². The summed E-state index contributed by atoms with van der Waals surface area (Å²) in [7, 11) is 2.07. The van der Waals surface area contributed by atoms with Crippen molar-refractivity contribution in [1.82, 2.24) is 19.0 Å². The van der Waals surface area contributed by atoms with Gasteiger partial charge in [-0.15, -0.1) is 0 Å². The van der Waals surface area contributed by atoms with Crippen LogP contribution in [-0.2, 0) is 18.3 Å². The van der Waals surface area contributed by atoms with Gasteiger partial charge in [-0.3, -0.25) is 4.90 Å². The molecule has 1 aromatic carbocycles. The first kappa shape index (κ1) is 14.5. The van der Waals surface area contributed by atoms with E-state index in [4.69, 9.17) is 4.74 Å². The van der Waals surface area contributed by atoms with Gasteiger partial charge in [-0.1, -0.05) is 0 Å². The number of morpholine rings is 1. The van der Waals surface area contributed by atoms with Crippen molar-refractivity contribution >= 4 is 10.9 Å². The van der Waals surface area contributed by atoms with E-state index < -0.39 is 0 Å². The normalized spacial score (nSPS) is 16.2. The fraction of sp³-hybridized carbons (Fsp3) is 0.389. The maximum Gasteiger partial charge on any atom is 0.139 e. The SMILES string of the molecule is Cn1ccc2cc(-c3nccn3CCN3CCOCC3)ccc21. The summed E-state index contributed by atoms with van der Waals surface area (Å²) in [6.07, 6.45) is 6.06. The molecular formula is C18H22N4O. The zero-order chi connectivity index (χ0) is 15.6. The molecular weight excluding hydrogens is 288 g/mol. The fourth-order valence-electron chi connectivity index (χ4n) is 3.24. The second-order valence-electron chi connectivity index (χ2n) is 6.10. The molecule has 0 bridgehead atoms. The van der Waals surface area contributed by atoms with Gasteiger partial charge in [-0.05, 0) is 24.3 Å². The largest absolute Gasteiger partial charge is 0.379 e. The number of rotatable bonds is 4. The van der Waals surface area contributed by atoms with E-state index in [0.29, 0.717) is 0 Å². The molecule has 120 valence electrons. The van der Waals surface area contributed by atoms with Crippen LogP contribution in [0.2, 0.25) is 0 Å². The van der Waals surface area contributed by atoms with Crippen LogP contribution in [0.5, 0.6) is 0 Å². The van der Waals surface area contributed by atoms with E-state index in [1.807, 2.05) is 6.20 Å². The number of hydrogen-bond donors (Lipinski definition) is 0. The zero-order valence-corrected chi connectivity index (χ0v) is 13.5. The molecule has 1 saturated heterocycles. The summed E-state index contributed by atoms with van der Waals surface area (Å²) in [6, 6.07) is 8.71. The number of aromatic nitrogens is 3. The third-order valence-corrected chi connectivity index (χ3v) is 4.62. The van der Waals surface area contributed by atoms with Gasteiger partial charge in [-0.2, -0.15) is 0 Å². The zero-order valence-electron chi connectivity index (χ0n) is 13.5. The molecule has 0 saturated carbocycles. The summed E-state index contributed by atoms with van der Waals surface area (Å²) in [6.45, 7) is 5.76. The van der Waals surface area contributed by atoms with E-state index in [0.717, 1.165) is 45.2 Å². The summed E-state index contributed by atoms with van der Waals surface area (Å²) in [4.78, 5) is 7.03. The number of hydrogen-bond acceptors (Lipinski definition) is 3. The number of fused-ring (bicyclic) bond motifs is 1. The molecule has 0 radical (unpaired) electrons. The van der Waals surface area contributed by atoms with E-state index in [9.17, 15) is 0 Å². The quantitative estimate of drug-likeness (QED) is 0.742. The van der Waals surface area contributed by atoms with Crippen LogP contribution >= 0.6 is 0 Å². The minimum Gasteiger partial charge on any atom is -0.379 e. The van der Waals surface area contributed by atoms with Crippen LogP contribution in [0.15, 0.2) is 42.9 Å². The Morgan fingerprint density at radius 2 is 1.96 bits per heavy atom. The summed E-state index contributed by atoms with van der Waals surface area (Å²) in [5.74, 6) is 1.05. The lowest BCUT2D eigenvalue weighted by molar-refractivity contribution is 0.0364. The van der Waals surface area contributed by atoms with Gasteiger partial charge in [0.25, 0.3) is 0 Å². The maximum atomic E-state index is 5.41. The lowest BCUT2D eigenvalue weighted by atomic mass is 10.1. The highest BCUT2D eigenvalue weighted by molar-refractivity contribution is 5.84. The van der Waals surface area contributed by atoms with Crippen LogP contribution in [0.3, 0.4) is 0 Å². The van der Waals surface area contributed by atoms with E-state index >= 15 is 0 Å². The highest BCUT2D eigenvalue weighted by Crippen LogP contribution is 2.23. The monoisotopic (exact) mass is 310 g/mol. The highest BCUT2D eigenvalue weighted by atomic mass is 16.5. The van der Waals surface area contributed by atoms with Crippen LogP contribution < -0.4 is 0 Å². The molecule has 0 atom stereocenters. The topological polar surface area (TPSA) is 35.2 Å². The Hall–Kier alpha value is -2.11. The number of imidazole rings is 1. The third kappa shape index (κ3) is 2.90. The Morgan fingerprint density at radius 1 is 1.09 bits per heavy atom. The van der Waals surface area contributed by atoms with Crippen molar-refractivity contribution in [2.24, 2.45) is 7.05 Å². The molecule has 0 spiro atoms. The smallest absolute Gasteiger partial charge is 0.139 e. The third-order valence-electron chi connectivity index (χ3n) is 4.62. The number of benzene rings is 1. The molecule has 0 N–H and O–H groups in total. The van der Waals surface area contributed by atoms with Gasteiger partial charge in [0.2, 0.25) is 0 Å². The molecule has 0 unspecified atom stereocenters. The highest BCUT2D eigenvalue weighted by Gasteiger charge is 2.12. The second-order valence-corrected chi connectivity index (χ2v) is 6.10. The first-order valence-corrected chi connectivity index (χ1v) is 8.18. The maximum absolute atomic E-state index is 5.41. The first-order chi connectivity index (χ1) is 11.3. The lowest BCUT2D eigenvalue weighted by Gasteiger charge is -2.26. The van der Waals surface area contributed by atoms with Gasteiger partial charge in [-0.25, -0.2) is 4.98 Å². The summed E-state index contributed by atoms with van der Waals surface area (Å²) < 4.78 is 9.80. The number of ether oxygens (including phenoxy) is 1. The van der Waals surface area contributed by atoms with Crippen molar-refractivity contribution in [3.8, 4) is 11.4 Å². The van der Waals surface area contributed by atoms with Crippen LogP contribution in [-0.4, -0.2) is 51.9 Å². The standard InChI is InChI=1S/C18H22N4O/c1-20-6-4-15-14-16(2-3-17(15)20)18-19-5-7-22(18)9-8-21-10-12-23-13-11-21/h2-7,14H,8-13H2,1H3. The van der Waals surface area contributed by atoms with Crippen molar-refractivity contribution in [1.29, 1.82) is 0 Å². The Kier molecular flexibility index (Phi) is 3.89. The summed E-state index contributed by atoms with van der Waals surface area (Å²) in [5.41, 5.74) is 2.43. The second kappa shape index (κ2) is 6.18. The molecule has 0 amide bonds. The average Bonchev–Trinajstić information content (AvgIpc) is 3.20. The van der Waals surface area contributed by atoms with Crippen molar-refractivity contribution in [3.63, 3.8) is 0 Å². The Labute approximate surface area is 136 Å². The predicted octanol–water partition coefficient (Wildman–Crippen LogP) is 2.37. The fourth-order valence-corrected chi connectivity index (χ4v) is 3.24. The van der Waals surface area contributed by atoms with Gasteiger partial charge in [0.05, 0.1) is 13.2 Å². The minimum absolute atomic E-state index is 0.849. The van der Waals surface area contributed by atoms with E-state index in [-0.39, 0.29) is 0 Å². The van der Waals surface area contributed by atoms with Crippen molar-refractivity contribution < 1.29 is 4.74 Å². The van der Waals surface area contributed by atoms with E-state index in [1.165, 1.54) is 16.5 Å². The molecule has 0 aliphatic carbocycles. The van der Waals surface area contributed by atoms with Crippen LogP contribution in [0.1, 0.15) is 0 Å². The van der Waals surface area contributed by atoms with Crippen molar-refractivity contribution in [2.45, 2.75) is 6.54 Å². The molecule has 1 aliphatic rings. The van der Waals surface area contributed by atoms with Crippen LogP contribution in [0, 0.1) is 0 Å². The molecule has 2 aromatic heterocycles. The Balaban J connectivity index is 1.55. The summed E-state index contributed by atoms with van der Waals surface area (Å²) in [5, 5.41) is 1.26. The van der Waals surface area contributed by atoms with Gasteiger partial charge in [0.15, 0.2) is 0 Å². The molecule has 23 heavy (non-hydrogen) atoms. The number of aryl methyl sites for hydroxylation is 1. The van der Waals surface area contributed by atoms with E-state index in [2.05, 4.69) is 62.7 Å². The lowest BCUT2D eigenvalue weighted by Crippen LogP contribution is -2.38. The number of nitrogens with zero attached hydrogens (tertiary/aromatic N) is 4. The average molecular weight is 310 g/mol. The van der Waals surface area contributed by atoms with Crippen LogP contribution in [0.25, 0.3) is 22.3 Å². The summed E-state index contributed by atoms with van der Waals surface area (Å²) >= 11 is 0. The van der Waals surface area contributed by atoms with Gasteiger partial charge in [0.1, 0.15) is 5.82 Å². The van der Waals surface area contributed by atoms with Crippen molar-refractivity contribution in [3.05, 3.63) is 42.9 Å². The van der Waals surface area contributed by atoms with E-state index in [1.54, 1.807) is 0 Å². The first-order valence-electron chi connectivity index (χ1n) is 8.18. The Bertz CT molecular complexity index is 798. The molecule has 5 heteroatoms. The molecule has 1 aliphatic heterocycles. The predicted molar refractivity (Wildman–Crippen MR) is 91.4 cm³/mol. The van der Waals surface area contributed by atoms with Crippen molar-refractivity contribution in [2.75, 3.05) is 32.8 Å². The molecule has 4 rings (SSSR count). The Morgan fingerprint density at radius 3 is 2.83 bits per heavy atom. The molecule has 1 fully saturated rings. The van der Waals surface area contributed by atoms with Crippen LogP contribution in [0.4, 0.5) is 0 Å². The molecule has 5 nitrogen and oxygen atoms in total.